The summed E-state index contributed by atoms with van der Waals surface area (Å²) in [6.07, 6.45) is 1.77. The molecule has 2 aromatic carbocycles. The zero-order valence-corrected chi connectivity index (χ0v) is 15.2. The number of hydrogen-bond donors (Lipinski definition) is 2. The summed E-state index contributed by atoms with van der Waals surface area (Å²) in [6.45, 7) is 1.43. The molecule has 1 saturated heterocycles. The Morgan fingerprint density at radius 2 is 1.73 bits per heavy atom. The maximum absolute atomic E-state index is 12.6. The molecule has 1 aliphatic heterocycles. The Kier molecular flexibility index (Phi) is 5.51. The van der Waals surface area contributed by atoms with Crippen LogP contribution in [0.4, 0.5) is 11.4 Å². The van der Waals surface area contributed by atoms with E-state index in [-0.39, 0.29) is 5.91 Å². The first kappa shape index (κ1) is 17.9. The van der Waals surface area contributed by atoms with Gasteiger partial charge in [0.05, 0.1) is 14.2 Å². The normalized spacial score (nSPS) is 14.8. The van der Waals surface area contributed by atoms with Crippen LogP contribution in [-0.4, -0.2) is 44.2 Å². The fraction of sp³-hybridized carbons (Fsp3) is 0.350. The highest BCUT2D eigenvalue weighted by Crippen LogP contribution is 2.27. The molecule has 6 heteroatoms. The van der Waals surface area contributed by atoms with Gasteiger partial charge in [0.2, 0.25) is 0 Å². The molecule has 3 N–H and O–H groups in total. The summed E-state index contributed by atoms with van der Waals surface area (Å²) in [5.41, 5.74) is 8.00. The van der Waals surface area contributed by atoms with E-state index in [1.807, 2.05) is 35.2 Å². The van der Waals surface area contributed by atoms with Crippen LogP contribution in [-0.2, 0) is 0 Å². The van der Waals surface area contributed by atoms with Crippen molar-refractivity contribution in [2.75, 3.05) is 38.4 Å². The molecule has 0 bridgehead atoms. The number of anilines is 2. The number of nitrogens with one attached hydrogen (secondary N) is 1. The van der Waals surface area contributed by atoms with Gasteiger partial charge in [-0.2, -0.15) is 0 Å². The summed E-state index contributed by atoms with van der Waals surface area (Å²) in [4.78, 5) is 14.5. The minimum atomic E-state index is 0.0406. The second-order valence-corrected chi connectivity index (χ2v) is 6.44. The molecule has 0 saturated carbocycles. The second kappa shape index (κ2) is 7.99. The lowest BCUT2D eigenvalue weighted by atomic mass is 10.0. The van der Waals surface area contributed by atoms with Crippen molar-refractivity contribution in [3.05, 3.63) is 48.0 Å². The Morgan fingerprint density at radius 3 is 2.31 bits per heavy atom. The number of nitrogens with zero attached hydrogens (tertiary/aromatic N) is 1. The van der Waals surface area contributed by atoms with Gasteiger partial charge in [0.1, 0.15) is 11.5 Å². The molecule has 26 heavy (non-hydrogen) atoms. The third kappa shape index (κ3) is 4.20. The molecule has 1 heterocycles. The lowest BCUT2D eigenvalue weighted by Gasteiger charge is -2.33. The predicted octanol–water partition coefficient (Wildman–Crippen LogP) is 3.00. The van der Waals surface area contributed by atoms with Crippen molar-refractivity contribution < 1.29 is 14.3 Å². The number of methoxy groups -OCH3 is 2. The standard InChI is InChI=1S/C20H25N3O3/c1-25-18-11-17(12-19(13-18)26-2)22-16-6-8-23(9-7-16)20(24)14-4-3-5-15(21)10-14/h3-5,10-13,16,22H,6-9,21H2,1-2H3. The quantitative estimate of drug-likeness (QED) is 0.806. The van der Waals surface area contributed by atoms with E-state index in [0.717, 1.165) is 30.0 Å². The molecule has 0 spiro atoms. The number of rotatable bonds is 5. The Morgan fingerprint density at radius 1 is 1.08 bits per heavy atom. The van der Waals surface area contributed by atoms with Gasteiger partial charge < -0.3 is 25.4 Å². The first-order chi connectivity index (χ1) is 12.6. The number of benzene rings is 2. The van der Waals surface area contributed by atoms with E-state index in [4.69, 9.17) is 15.2 Å². The van der Waals surface area contributed by atoms with Crippen molar-refractivity contribution in [3.63, 3.8) is 0 Å². The molecule has 2 aromatic rings. The van der Waals surface area contributed by atoms with Gasteiger partial charge >= 0.3 is 0 Å². The fourth-order valence-corrected chi connectivity index (χ4v) is 3.21. The number of nitrogen functional groups attached to an aromatic ring is 1. The average Bonchev–Trinajstić information content (AvgIpc) is 2.67. The lowest BCUT2D eigenvalue weighted by molar-refractivity contribution is 0.0718. The molecule has 138 valence electrons. The Balaban J connectivity index is 1.59. The van der Waals surface area contributed by atoms with Crippen molar-refractivity contribution in [2.24, 2.45) is 0 Å². The molecule has 0 atom stereocenters. The van der Waals surface area contributed by atoms with E-state index < -0.39 is 0 Å². The van der Waals surface area contributed by atoms with Crippen LogP contribution in [0.5, 0.6) is 11.5 Å². The highest BCUT2D eigenvalue weighted by Gasteiger charge is 2.23. The number of carbonyl (C=O) groups excluding carboxylic acids is 1. The van der Waals surface area contributed by atoms with E-state index in [1.165, 1.54) is 0 Å². The molecule has 3 rings (SSSR count). The number of ether oxygens (including phenoxy) is 2. The SMILES string of the molecule is COc1cc(NC2CCN(C(=O)c3cccc(N)c3)CC2)cc(OC)c1. The number of carbonyl (C=O) groups is 1. The van der Waals surface area contributed by atoms with Crippen LogP contribution in [0.15, 0.2) is 42.5 Å². The predicted molar refractivity (Wildman–Crippen MR) is 103 cm³/mol. The van der Waals surface area contributed by atoms with Crippen molar-refractivity contribution in [2.45, 2.75) is 18.9 Å². The van der Waals surface area contributed by atoms with E-state index >= 15 is 0 Å². The van der Waals surface area contributed by atoms with E-state index in [0.29, 0.717) is 30.4 Å². The number of nitrogens with two attached hydrogens (primary N) is 1. The molecule has 0 radical (unpaired) electrons. The van der Waals surface area contributed by atoms with Gasteiger partial charge in [-0.1, -0.05) is 6.07 Å². The lowest BCUT2D eigenvalue weighted by Crippen LogP contribution is -2.42. The summed E-state index contributed by atoms with van der Waals surface area (Å²) in [7, 11) is 3.28. The summed E-state index contributed by atoms with van der Waals surface area (Å²) in [6, 6.07) is 13.2. The monoisotopic (exact) mass is 355 g/mol. The van der Waals surface area contributed by atoms with Crippen molar-refractivity contribution >= 4 is 17.3 Å². The zero-order chi connectivity index (χ0) is 18.5. The fourth-order valence-electron chi connectivity index (χ4n) is 3.21. The molecular formula is C20H25N3O3. The van der Waals surface area contributed by atoms with Crippen LogP contribution in [0, 0.1) is 0 Å². The molecule has 0 unspecified atom stereocenters. The third-order valence-corrected chi connectivity index (χ3v) is 4.64. The maximum Gasteiger partial charge on any atom is 0.253 e. The summed E-state index contributed by atoms with van der Waals surface area (Å²) >= 11 is 0. The maximum atomic E-state index is 12.6. The number of likely N-dealkylation sites (tertiary alicyclic amines) is 1. The van der Waals surface area contributed by atoms with Crippen LogP contribution in [0.2, 0.25) is 0 Å². The molecular weight excluding hydrogens is 330 g/mol. The summed E-state index contributed by atoms with van der Waals surface area (Å²) in [5, 5.41) is 3.52. The summed E-state index contributed by atoms with van der Waals surface area (Å²) in [5.74, 6) is 1.54. The number of hydrogen-bond acceptors (Lipinski definition) is 5. The van der Waals surface area contributed by atoms with Crippen LogP contribution >= 0.6 is 0 Å². The van der Waals surface area contributed by atoms with Gasteiger partial charge in [0.25, 0.3) is 5.91 Å². The Hall–Kier alpha value is -2.89. The van der Waals surface area contributed by atoms with Crippen LogP contribution in [0.1, 0.15) is 23.2 Å². The van der Waals surface area contributed by atoms with Crippen LogP contribution in [0.25, 0.3) is 0 Å². The molecule has 0 aromatic heterocycles. The third-order valence-electron chi connectivity index (χ3n) is 4.64. The van der Waals surface area contributed by atoms with Gasteiger partial charge in [-0.05, 0) is 31.0 Å². The Labute approximate surface area is 153 Å². The van der Waals surface area contributed by atoms with Gasteiger partial charge in [-0.3, -0.25) is 4.79 Å². The number of piperidine rings is 1. The van der Waals surface area contributed by atoms with Gasteiger partial charge in [-0.25, -0.2) is 0 Å². The second-order valence-electron chi connectivity index (χ2n) is 6.44. The first-order valence-electron chi connectivity index (χ1n) is 8.73. The van der Waals surface area contributed by atoms with Crippen LogP contribution in [0.3, 0.4) is 0 Å². The van der Waals surface area contributed by atoms with Crippen molar-refractivity contribution in [1.82, 2.24) is 4.90 Å². The minimum absolute atomic E-state index is 0.0406. The van der Waals surface area contributed by atoms with Crippen LogP contribution < -0.4 is 20.5 Å². The van der Waals surface area contributed by atoms with Gasteiger partial charge in [0, 0.05) is 54.3 Å². The van der Waals surface area contributed by atoms with E-state index in [2.05, 4.69) is 5.32 Å². The largest absolute Gasteiger partial charge is 0.497 e. The van der Waals surface area contributed by atoms with E-state index in [1.54, 1.807) is 26.4 Å². The van der Waals surface area contributed by atoms with Gasteiger partial charge in [0.15, 0.2) is 0 Å². The molecule has 0 aliphatic carbocycles. The zero-order valence-electron chi connectivity index (χ0n) is 15.2. The first-order valence-corrected chi connectivity index (χ1v) is 8.73. The smallest absolute Gasteiger partial charge is 0.253 e. The highest BCUT2D eigenvalue weighted by molar-refractivity contribution is 5.95. The van der Waals surface area contributed by atoms with Crippen molar-refractivity contribution in [3.8, 4) is 11.5 Å². The van der Waals surface area contributed by atoms with E-state index in [9.17, 15) is 4.79 Å². The molecule has 6 nitrogen and oxygen atoms in total. The Bertz CT molecular complexity index is 748. The molecule has 1 fully saturated rings. The molecule has 1 amide bonds. The average molecular weight is 355 g/mol. The number of amides is 1. The summed E-state index contributed by atoms with van der Waals surface area (Å²) < 4.78 is 10.6. The highest BCUT2D eigenvalue weighted by atomic mass is 16.5. The minimum Gasteiger partial charge on any atom is -0.497 e. The van der Waals surface area contributed by atoms with Gasteiger partial charge in [-0.15, -0.1) is 0 Å². The van der Waals surface area contributed by atoms with Crippen molar-refractivity contribution in [1.29, 1.82) is 0 Å². The molecule has 1 aliphatic rings. The topological polar surface area (TPSA) is 76.8 Å².